The molecule has 1 aromatic carbocycles. The van der Waals surface area contributed by atoms with E-state index < -0.39 is 6.10 Å². The first-order valence-corrected chi connectivity index (χ1v) is 3.84. The molecular formula is C9H13NO2. The lowest BCUT2D eigenvalue weighted by Gasteiger charge is -2.15. The normalized spacial score (nSPS) is 15.6. The molecule has 0 amide bonds. The van der Waals surface area contributed by atoms with Crippen molar-refractivity contribution in [1.29, 1.82) is 0 Å². The van der Waals surface area contributed by atoms with Crippen molar-refractivity contribution in [1.82, 2.24) is 0 Å². The minimum absolute atomic E-state index is 0.0855. The van der Waals surface area contributed by atoms with E-state index >= 15 is 0 Å². The van der Waals surface area contributed by atoms with Gasteiger partial charge in [-0.3, -0.25) is 0 Å². The van der Waals surface area contributed by atoms with Crippen LogP contribution in [0.4, 0.5) is 0 Å². The van der Waals surface area contributed by atoms with Crippen molar-refractivity contribution in [3.8, 4) is 5.75 Å². The topological polar surface area (TPSA) is 66.5 Å². The summed E-state index contributed by atoms with van der Waals surface area (Å²) < 4.78 is 0. The van der Waals surface area contributed by atoms with Gasteiger partial charge >= 0.3 is 0 Å². The van der Waals surface area contributed by atoms with Gasteiger partial charge in [0.15, 0.2) is 0 Å². The summed E-state index contributed by atoms with van der Waals surface area (Å²) in [7, 11) is 0. The van der Waals surface area contributed by atoms with E-state index in [2.05, 4.69) is 0 Å². The highest BCUT2D eigenvalue weighted by atomic mass is 16.3. The molecule has 12 heavy (non-hydrogen) atoms. The van der Waals surface area contributed by atoms with Crippen LogP contribution in [0.2, 0.25) is 0 Å². The van der Waals surface area contributed by atoms with Crippen molar-refractivity contribution >= 4 is 0 Å². The average molecular weight is 167 g/mol. The number of benzene rings is 1. The minimum atomic E-state index is -0.800. The van der Waals surface area contributed by atoms with Gasteiger partial charge in [-0.2, -0.15) is 0 Å². The molecule has 3 nitrogen and oxygen atoms in total. The Balaban J connectivity index is 2.94. The van der Waals surface area contributed by atoms with Crippen LogP contribution in [0.25, 0.3) is 0 Å². The van der Waals surface area contributed by atoms with Crippen LogP contribution in [0.5, 0.6) is 5.75 Å². The first-order valence-electron chi connectivity index (χ1n) is 3.84. The molecule has 0 saturated heterocycles. The molecule has 0 aliphatic rings. The zero-order chi connectivity index (χ0) is 9.14. The van der Waals surface area contributed by atoms with Gasteiger partial charge in [0.1, 0.15) is 5.75 Å². The zero-order valence-electron chi connectivity index (χ0n) is 6.94. The molecule has 0 aliphatic carbocycles. The van der Waals surface area contributed by atoms with Crippen molar-refractivity contribution in [3.63, 3.8) is 0 Å². The van der Waals surface area contributed by atoms with Gasteiger partial charge in [0, 0.05) is 11.6 Å². The maximum Gasteiger partial charge on any atom is 0.121 e. The van der Waals surface area contributed by atoms with E-state index in [4.69, 9.17) is 5.73 Å². The molecular weight excluding hydrogens is 154 g/mol. The second-order valence-corrected chi connectivity index (χ2v) is 2.86. The lowest BCUT2D eigenvalue weighted by molar-refractivity contribution is 0.150. The molecule has 4 N–H and O–H groups in total. The van der Waals surface area contributed by atoms with Gasteiger partial charge in [-0.15, -0.1) is 0 Å². The number of aromatic hydroxyl groups is 1. The Morgan fingerprint density at radius 1 is 1.33 bits per heavy atom. The fraction of sp³-hybridized carbons (Fsp3) is 0.333. The molecule has 0 bridgehead atoms. The predicted octanol–water partition coefficient (Wildman–Crippen LogP) is 0.773. The summed E-state index contributed by atoms with van der Waals surface area (Å²) in [6.45, 7) is 1.69. The monoisotopic (exact) mass is 167 g/mol. The van der Waals surface area contributed by atoms with Gasteiger partial charge in [-0.1, -0.05) is 18.2 Å². The molecule has 2 atom stereocenters. The Labute approximate surface area is 71.5 Å². The molecule has 1 rings (SSSR count). The molecule has 0 fully saturated rings. The first-order chi connectivity index (χ1) is 5.63. The number of nitrogens with two attached hydrogens (primary N) is 1. The van der Waals surface area contributed by atoms with Crippen LogP contribution in [0, 0.1) is 0 Å². The predicted molar refractivity (Wildman–Crippen MR) is 46.7 cm³/mol. The standard InChI is InChI=1S/C9H13NO2/c1-6(10)9(12)7-4-2-3-5-8(7)11/h2-6,9,11-12H,10H2,1H3/t6-,9+/m1/s1. The van der Waals surface area contributed by atoms with E-state index in [1.807, 2.05) is 0 Å². The molecule has 0 aliphatic heterocycles. The zero-order valence-corrected chi connectivity index (χ0v) is 6.94. The molecule has 0 spiro atoms. The van der Waals surface area contributed by atoms with E-state index in [1.165, 1.54) is 6.07 Å². The van der Waals surface area contributed by atoms with Crippen LogP contribution in [-0.2, 0) is 0 Å². The molecule has 3 heteroatoms. The van der Waals surface area contributed by atoms with Crippen molar-refractivity contribution in [2.75, 3.05) is 0 Å². The van der Waals surface area contributed by atoms with Gasteiger partial charge < -0.3 is 15.9 Å². The number of hydrogen-bond acceptors (Lipinski definition) is 3. The van der Waals surface area contributed by atoms with Crippen LogP contribution < -0.4 is 5.73 Å². The maximum atomic E-state index is 9.49. The third-order valence-electron chi connectivity index (χ3n) is 1.75. The van der Waals surface area contributed by atoms with E-state index in [0.29, 0.717) is 5.56 Å². The second-order valence-electron chi connectivity index (χ2n) is 2.86. The summed E-state index contributed by atoms with van der Waals surface area (Å²) >= 11 is 0. The summed E-state index contributed by atoms with van der Waals surface area (Å²) in [5.41, 5.74) is 5.95. The van der Waals surface area contributed by atoms with Crippen LogP contribution in [0.15, 0.2) is 24.3 Å². The average Bonchev–Trinajstić information content (AvgIpc) is 2.04. The highest BCUT2D eigenvalue weighted by Crippen LogP contribution is 2.24. The lowest BCUT2D eigenvalue weighted by Crippen LogP contribution is -2.24. The van der Waals surface area contributed by atoms with E-state index in [9.17, 15) is 10.2 Å². The number of phenolic OH excluding ortho intramolecular Hbond substituents is 1. The summed E-state index contributed by atoms with van der Waals surface area (Å²) in [6.07, 6.45) is -0.800. The van der Waals surface area contributed by atoms with Crippen LogP contribution >= 0.6 is 0 Å². The van der Waals surface area contributed by atoms with Gasteiger partial charge in [-0.05, 0) is 13.0 Å². The Morgan fingerprint density at radius 3 is 2.42 bits per heavy atom. The van der Waals surface area contributed by atoms with Crippen LogP contribution in [0.1, 0.15) is 18.6 Å². The highest BCUT2D eigenvalue weighted by Gasteiger charge is 2.14. The van der Waals surface area contributed by atoms with Gasteiger partial charge in [0.25, 0.3) is 0 Å². The third kappa shape index (κ3) is 1.75. The lowest BCUT2D eigenvalue weighted by atomic mass is 10.0. The Kier molecular flexibility index (Phi) is 2.68. The first kappa shape index (κ1) is 9.03. The number of rotatable bonds is 2. The number of para-hydroxylation sites is 1. The molecule has 1 aromatic rings. The smallest absolute Gasteiger partial charge is 0.121 e. The van der Waals surface area contributed by atoms with E-state index in [1.54, 1.807) is 25.1 Å². The minimum Gasteiger partial charge on any atom is -0.508 e. The number of phenols is 1. The quantitative estimate of drug-likeness (QED) is 0.609. The SMILES string of the molecule is C[C@@H](N)[C@H](O)c1ccccc1O. The fourth-order valence-corrected chi connectivity index (χ4v) is 1.02. The number of aliphatic hydroxyl groups is 1. The second kappa shape index (κ2) is 3.56. The van der Waals surface area contributed by atoms with E-state index in [-0.39, 0.29) is 11.8 Å². The number of hydrogen-bond donors (Lipinski definition) is 3. The molecule has 0 aromatic heterocycles. The summed E-state index contributed by atoms with van der Waals surface area (Å²) in [5, 5.41) is 18.8. The fourth-order valence-electron chi connectivity index (χ4n) is 1.02. The van der Waals surface area contributed by atoms with Crippen LogP contribution in [0.3, 0.4) is 0 Å². The number of aliphatic hydroxyl groups excluding tert-OH is 1. The molecule has 0 heterocycles. The molecule has 66 valence electrons. The van der Waals surface area contributed by atoms with Crippen molar-refractivity contribution < 1.29 is 10.2 Å². The Bertz CT molecular complexity index is 260. The van der Waals surface area contributed by atoms with Gasteiger partial charge in [0.05, 0.1) is 6.10 Å². The summed E-state index contributed by atoms with van der Waals surface area (Å²) in [5.74, 6) is 0.0855. The molecule has 0 unspecified atom stereocenters. The largest absolute Gasteiger partial charge is 0.508 e. The van der Waals surface area contributed by atoms with Crippen molar-refractivity contribution in [3.05, 3.63) is 29.8 Å². The Morgan fingerprint density at radius 2 is 1.92 bits per heavy atom. The maximum absolute atomic E-state index is 9.49. The highest BCUT2D eigenvalue weighted by molar-refractivity contribution is 5.34. The van der Waals surface area contributed by atoms with E-state index in [0.717, 1.165) is 0 Å². The summed E-state index contributed by atoms with van der Waals surface area (Å²) in [6, 6.07) is 6.26. The van der Waals surface area contributed by atoms with Crippen LogP contribution in [-0.4, -0.2) is 16.3 Å². The van der Waals surface area contributed by atoms with Gasteiger partial charge in [-0.25, -0.2) is 0 Å². The van der Waals surface area contributed by atoms with Gasteiger partial charge in [0.2, 0.25) is 0 Å². The van der Waals surface area contributed by atoms with Crippen molar-refractivity contribution in [2.45, 2.75) is 19.1 Å². The third-order valence-corrected chi connectivity index (χ3v) is 1.75. The van der Waals surface area contributed by atoms with Crippen molar-refractivity contribution in [2.24, 2.45) is 5.73 Å². The molecule has 0 radical (unpaired) electrons. The Hall–Kier alpha value is -1.06. The summed E-state index contributed by atoms with van der Waals surface area (Å²) in [4.78, 5) is 0. The molecule has 0 saturated carbocycles.